The Bertz CT molecular complexity index is 642. The first-order chi connectivity index (χ1) is 11.5. The molecule has 1 atom stereocenters. The molecule has 3 heterocycles. The maximum atomic E-state index is 12.8. The van der Waals surface area contributed by atoms with Crippen molar-refractivity contribution in [2.45, 2.75) is 33.1 Å². The molecule has 2 fully saturated rings. The molecular formula is C17H26N4O3. The SMILES string of the molecule is CCc1[nH]nc(C(=O)N2CCC3(CCN(CCOC)C3=O)C2)c1C. The van der Waals surface area contributed by atoms with Gasteiger partial charge < -0.3 is 14.5 Å². The van der Waals surface area contributed by atoms with Crippen LogP contribution >= 0.6 is 0 Å². The Morgan fingerprint density at radius 1 is 1.38 bits per heavy atom. The summed E-state index contributed by atoms with van der Waals surface area (Å²) in [6.45, 7) is 7.02. The van der Waals surface area contributed by atoms with E-state index in [1.807, 2.05) is 18.7 Å². The highest BCUT2D eigenvalue weighted by molar-refractivity contribution is 5.95. The van der Waals surface area contributed by atoms with Gasteiger partial charge in [0.1, 0.15) is 0 Å². The van der Waals surface area contributed by atoms with Crippen LogP contribution in [0.5, 0.6) is 0 Å². The molecule has 1 N–H and O–H groups in total. The van der Waals surface area contributed by atoms with E-state index in [2.05, 4.69) is 10.2 Å². The van der Waals surface area contributed by atoms with Gasteiger partial charge in [0.15, 0.2) is 5.69 Å². The van der Waals surface area contributed by atoms with Crippen LogP contribution in [0.3, 0.4) is 0 Å². The molecule has 3 rings (SSSR count). The summed E-state index contributed by atoms with van der Waals surface area (Å²) in [6.07, 6.45) is 2.38. The van der Waals surface area contributed by atoms with Crippen LogP contribution in [0.2, 0.25) is 0 Å². The first-order valence-electron chi connectivity index (χ1n) is 8.64. The highest BCUT2D eigenvalue weighted by Crippen LogP contribution is 2.41. The smallest absolute Gasteiger partial charge is 0.274 e. The number of H-pyrrole nitrogens is 1. The molecule has 2 aliphatic rings. The van der Waals surface area contributed by atoms with Crippen molar-refractivity contribution < 1.29 is 14.3 Å². The van der Waals surface area contributed by atoms with Gasteiger partial charge in [0, 0.05) is 44.5 Å². The Kier molecular flexibility index (Phi) is 4.62. The van der Waals surface area contributed by atoms with E-state index in [0.717, 1.165) is 37.1 Å². The van der Waals surface area contributed by atoms with Crippen molar-refractivity contribution in [2.75, 3.05) is 39.9 Å². The number of hydrogen-bond donors (Lipinski definition) is 1. The molecule has 1 aromatic rings. The number of likely N-dealkylation sites (tertiary alicyclic amines) is 2. The second-order valence-corrected chi connectivity index (χ2v) is 6.82. The Balaban J connectivity index is 1.70. The third-order valence-corrected chi connectivity index (χ3v) is 5.47. The molecule has 2 saturated heterocycles. The average molecular weight is 334 g/mol. The summed E-state index contributed by atoms with van der Waals surface area (Å²) in [5.74, 6) is 0.103. The Morgan fingerprint density at radius 2 is 2.12 bits per heavy atom. The summed E-state index contributed by atoms with van der Waals surface area (Å²) >= 11 is 0. The third-order valence-electron chi connectivity index (χ3n) is 5.47. The van der Waals surface area contributed by atoms with Crippen LogP contribution in [0.15, 0.2) is 0 Å². The van der Waals surface area contributed by atoms with Gasteiger partial charge in [0.2, 0.25) is 5.91 Å². The third kappa shape index (κ3) is 2.70. The number of ether oxygens (including phenoxy) is 1. The Labute approximate surface area is 142 Å². The van der Waals surface area contributed by atoms with E-state index in [9.17, 15) is 9.59 Å². The highest BCUT2D eigenvalue weighted by atomic mass is 16.5. The van der Waals surface area contributed by atoms with Gasteiger partial charge in [-0.2, -0.15) is 5.10 Å². The average Bonchev–Trinajstić information content (AvgIpc) is 3.26. The number of hydrogen-bond acceptors (Lipinski definition) is 4. The lowest BCUT2D eigenvalue weighted by molar-refractivity contribution is -0.135. The summed E-state index contributed by atoms with van der Waals surface area (Å²) < 4.78 is 5.08. The fraction of sp³-hybridized carbons (Fsp3) is 0.706. The van der Waals surface area contributed by atoms with E-state index in [1.54, 1.807) is 12.0 Å². The number of methoxy groups -OCH3 is 1. The zero-order valence-electron chi connectivity index (χ0n) is 14.7. The number of nitrogens with zero attached hydrogens (tertiary/aromatic N) is 3. The van der Waals surface area contributed by atoms with E-state index in [1.165, 1.54) is 0 Å². The van der Waals surface area contributed by atoms with Gasteiger partial charge in [0.05, 0.1) is 12.0 Å². The predicted molar refractivity (Wildman–Crippen MR) is 88.7 cm³/mol. The van der Waals surface area contributed by atoms with Gasteiger partial charge in [0.25, 0.3) is 5.91 Å². The van der Waals surface area contributed by atoms with Crippen molar-refractivity contribution in [3.05, 3.63) is 17.0 Å². The molecule has 0 aliphatic carbocycles. The van der Waals surface area contributed by atoms with Crippen LogP contribution < -0.4 is 0 Å². The fourth-order valence-corrected chi connectivity index (χ4v) is 3.87. The number of aryl methyl sites for hydroxylation is 1. The molecule has 0 bridgehead atoms. The van der Waals surface area contributed by atoms with E-state index < -0.39 is 5.41 Å². The maximum absolute atomic E-state index is 12.8. The molecule has 1 spiro atoms. The molecule has 2 amide bonds. The lowest BCUT2D eigenvalue weighted by Crippen LogP contribution is -2.39. The van der Waals surface area contributed by atoms with Crippen LogP contribution in [-0.4, -0.2) is 71.7 Å². The second kappa shape index (κ2) is 6.55. The minimum atomic E-state index is -0.402. The summed E-state index contributed by atoms with van der Waals surface area (Å²) in [7, 11) is 1.64. The number of aromatic nitrogens is 2. The predicted octanol–water partition coefficient (Wildman–Crippen LogP) is 0.992. The van der Waals surface area contributed by atoms with Crippen LogP contribution in [0.25, 0.3) is 0 Å². The molecule has 1 aromatic heterocycles. The molecule has 2 aliphatic heterocycles. The number of carbonyl (C=O) groups excluding carboxylic acids is 2. The number of carbonyl (C=O) groups is 2. The van der Waals surface area contributed by atoms with Crippen molar-refractivity contribution in [3.8, 4) is 0 Å². The van der Waals surface area contributed by atoms with Crippen LogP contribution in [0.4, 0.5) is 0 Å². The zero-order chi connectivity index (χ0) is 17.3. The fourth-order valence-electron chi connectivity index (χ4n) is 3.87. The normalized spacial score (nSPS) is 23.7. The molecule has 0 saturated carbocycles. The molecule has 7 nitrogen and oxygen atoms in total. The van der Waals surface area contributed by atoms with Crippen LogP contribution in [0, 0.1) is 12.3 Å². The van der Waals surface area contributed by atoms with Gasteiger partial charge in [-0.1, -0.05) is 6.92 Å². The molecule has 1 unspecified atom stereocenters. The standard InChI is InChI=1S/C17H26N4O3/c1-4-13-12(2)14(19-18-13)15(22)21-8-6-17(11-21)5-7-20(16(17)23)9-10-24-3/h4-11H2,1-3H3,(H,18,19). The van der Waals surface area contributed by atoms with Crippen LogP contribution in [0.1, 0.15) is 41.5 Å². The van der Waals surface area contributed by atoms with Crippen molar-refractivity contribution >= 4 is 11.8 Å². The minimum Gasteiger partial charge on any atom is -0.383 e. The summed E-state index contributed by atoms with van der Waals surface area (Å²) in [5, 5.41) is 7.13. The number of nitrogens with one attached hydrogen (secondary N) is 1. The number of rotatable bonds is 5. The first-order valence-corrected chi connectivity index (χ1v) is 8.64. The lowest BCUT2D eigenvalue weighted by atomic mass is 9.85. The minimum absolute atomic E-state index is 0.0662. The Morgan fingerprint density at radius 3 is 2.79 bits per heavy atom. The highest BCUT2D eigenvalue weighted by Gasteiger charge is 2.51. The molecular weight excluding hydrogens is 308 g/mol. The summed E-state index contributed by atoms with van der Waals surface area (Å²) in [5.41, 5.74) is 2.00. The quantitative estimate of drug-likeness (QED) is 0.871. The Hall–Kier alpha value is -1.89. The van der Waals surface area contributed by atoms with Crippen molar-refractivity contribution in [2.24, 2.45) is 5.41 Å². The monoisotopic (exact) mass is 334 g/mol. The summed E-state index contributed by atoms with van der Waals surface area (Å²) in [6, 6.07) is 0. The number of aromatic amines is 1. The van der Waals surface area contributed by atoms with Crippen molar-refractivity contribution in [3.63, 3.8) is 0 Å². The maximum Gasteiger partial charge on any atom is 0.274 e. The van der Waals surface area contributed by atoms with Gasteiger partial charge in [-0.25, -0.2) is 0 Å². The topological polar surface area (TPSA) is 78.5 Å². The van der Waals surface area contributed by atoms with E-state index >= 15 is 0 Å². The van der Waals surface area contributed by atoms with Gasteiger partial charge in [-0.05, 0) is 26.2 Å². The molecule has 0 radical (unpaired) electrons. The van der Waals surface area contributed by atoms with Crippen molar-refractivity contribution in [1.82, 2.24) is 20.0 Å². The van der Waals surface area contributed by atoms with E-state index in [4.69, 9.17) is 4.74 Å². The van der Waals surface area contributed by atoms with Crippen LogP contribution in [-0.2, 0) is 16.0 Å². The van der Waals surface area contributed by atoms with Crippen molar-refractivity contribution in [1.29, 1.82) is 0 Å². The summed E-state index contributed by atoms with van der Waals surface area (Å²) in [4.78, 5) is 29.2. The molecule has 132 valence electrons. The van der Waals surface area contributed by atoms with Gasteiger partial charge >= 0.3 is 0 Å². The molecule has 7 heteroatoms. The largest absolute Gasteiger partial charge is 0.383 e. The first kappa shape index (κ1) is 17.0. The lowest BCUT2D eigenvalue weighted by Gasteiger charge is -2.23. The van der Waals surface area contributed by atoms with E-state index in [0.29, 0.717) is 31.9 Å². The second-order valence-electron chi connectivity index (χ2n) is 6.82. The number of amides is 2. The molecule has 0 aromatic carbocycles. The molecule has 24 heavy (non-hydrogen) atoms. The zero-order valence-corrected chi connectivity index (χ0v) is 14.7. The van der Waals surface area contributed by atoms with E-state index in [-0.39, 0.29) is 11.8 Å². The van der Waals surface area contributed by atoms with Gasteiger partial charge in [-0.3, -0.25) is 14.7 Å². The van der Waals surface area contributed by atoms with Gasteiger partial charge in [-0.15, -0.1) is 0 Å².